The Labute approximate surface area is 116 Å². The number of benzene rings is 1. The Kier molecular flexibility index (Phi) is 6.60. The van der Waals surface area contributed by atoms with Gasteiger partial charge >= 0.3 is 0 Å². The molecule has 94 valence electrons. The number of rotatable bonds is 6. The van der Waals surface area contributed by atoms with E-state index in [1.807, 2.05) is 31.2 Å². The zero-order chi connectivity index (χ0) is 12.7. The molecule has 1 aromatic carbocycles. The Morgan fingerprint density at radius 2 is 2.12 bits per heavy atom. The van der Waals surface area contributed by atoms with E-state index in [1.54, 1.807) is 0 Å². The van der Waals surface area contributed by atoms with Gasteiger partial charge in [0.15, 0.2) is 0 Å². The molecule has 2 nitrogen and oxygen atoms in total. The summed E-state index contributed by atoms with van der Waals surface area (Å²) < 4.78 is 1.02. The molecule has 0 spiro atoms. The fraction of sp³-hybridized carbons (Fsp3) is 0.462. The number of unbranched alkanes of at least 4 members (excludes halogenated alkanes) is 1. The second kappa shape index (κ2) is 7.72. The van der Waals surface area contributed by atoms with Crippen LogP contribution in [0.1, 0.15) is 37.8 Å². The van der Waals surface area contributed by atoms with Crippen LogP contribution < -0.4 is 5.32 Å². The molecule has 1 rings (SSSR count). The minimum atomic E-state index is 0.0223. The van der Waals surface area contributed by atoms with Crippen molar-refractivity contribution in [3.63, 3.8) is 0 Å². The maximum absolute atomic E-state index is 11.6. The van der Waals surface area contributed by atoms with Crippen LogP contribution in [0.4, 0.5) is 0 Å². The highest BCUT2D eigenvalue weighted by Crippen LogP contribution is 2.22. The van der Waals surface area contributed by atoms with Crippen LogP contribution in [0.5, 0.6) is 0 Å². The Balaban J connectivity index is 2.46. The first kappa shape index (κ1) is 14.5. The fourth-order valence-corrected chi connectivity index (χ4v) is 2.41. The van der Waals surface area contributed by atoms with Crippen molar-refractivity contribution in [2.75, 3.05) is 5.88 Å². The summed E-state index contributed by atoms with van der Waals surface area (Å²) in [6.07, 6.45) is 2.28. The molecule has 0 aliphatic carbocycles. The van der Waals surface area contributed by atoms with Crippen molar-refractivity contribution in [2.24, 2.45) is 0 Å². The Morgan fingerprint density at radius 1 is 1.41 bits per heavy atom. The van der Waals surface area contributed by atoms with Gasteiger partial charge in [-0.05, 0) is 31.4 Å². The standard InChI is InChI=1S/C13H17BrClNO/c1-10(11-6-2-3-7-12(11)14)16-13(17)8-4-5-9-15/h2-3,6-7,10H,4-5,8-9H2,1H3,(H,16,17)/t10-/m0/s1. The first-order chi connectivity index (χ1) is 8.15. The number of amides is 1. The summed E-state index contributed by atoms with van der Waals surface area (Å²) in [7, 11) is 0. The van der Waals surface area contributed by atoms with Crippen LogP contribution in [0.15, 0.2) is 28.7 Å². The Bertz CT molecular complexity index is 370. The third-order valence-corrected chi connectivity index (χ3v) is 3.53. The molecular weight excluding hydrogens is 302 g/mol. The number of alkyl halides is 1. The van der Waals surface area contributed by atoms with Gasteiger partial charge < -0.3 is 5.32 Å². The van der Waals surface area contributed by atoms with E-state index in [2.05, 4.69) is 21.2 Å². The SMILES string of the molecule is C[C@H](NC(=O)CCCCCl)c1ccccc1Br. The van der Waals surface area contributed by atoms with E-state index in [0.29, 0.717) is 12.3 Å². The molecule has 1 atom stereocenters. The van der Waals surface area contributed by atoms with Crippen LogP contribution in [0.3, 0.4) is 0 Å². The normalized spacial score (nSPS) is 12.2. The van der Waals surface area contributed by atoms with E-state index in [-0.39, 0.29) is 11.9 Å². The summed E-state index contributed by atoms with van der Waals surface area (Å²) in [4.78, 5) is 11.6. The smallest absolute Gasteiger partial charge is 0.220 e. The summed E-state index contributed by atoms with van der Waals surface area (Å²) in [6, 6.07) is 7.94. The highest BCUT2D eigenvalue weighted by molar-refractivity contribution is 9.10. The van der Waals surface area contributed by atoms with Crippen molar-refractivity contribution >= 4 is 33.4 Å². The second-order valence-electron chi connectivity index (χ2n) is 3.96. The molecule has 0 unspecified atom stereocenters. The molecule has 0 fully saturated rings. The first-order valence-corrected chi connectivity index (χ1v) is 7.07. The third kappa shape index (κ3) is 5.09. The number of nitrogens with one attached hydrogen (secondary N) is 1. The summed E-state index contributed by atoms with van der Waals surface area (Å²) >= 11 is 9.05. The fourth-order valence-electron chi connectivity index (χ4n) is 1.60. The zero-order valence-electron chi connectivity index (χ0n) is 9.88. The molecule has 0 aromatic heterocycles. The summed E-state index contributed by atoms with van der Waals surface area (Å²) in [6.45, 7) is 1.99. The van der Waals surface area contributed by atoms with E-state index >= 15 is 0 Å². The van der Waals surface area contributed by atoms with E-state index in [1.165, 1.54) is 0 Å². The van der Waals surface area contributed by atoms with Crippen molar-refractivity contribution < 1.29 is 4.79 Å². The third-order valence-electron chi connectivity index (χ3n) is 2.54. The lowest BCUT2D eigenvalue weighted by atomic mass is 10.1. The molecule has 0 bridgehead atoms. The van der Waals surface area contributed by atoms with Crippen molar-refractivity contribution in [3.05, 3.63) is 34.3 Å². The van der Waals surface area contributed by atoms with Crippen molar-refractivity contribution in [2.45, 2.75) is 32.2 Å². The molecule has 1 aromatic rings. The maximum Gasteiger partial charge on any atom is 0.220 e. The minimum Gasteiger partial charge on any atom is -0.350 e. The van der Waals surface area contributed by atoms with Gasteiger partial charge in [-0.25, -0.2) is 0 Å². The highest BCUT2D eigenvalue weighted by Gasteiger charge is 2.11. The lowest BCUT2D eigenvalue weighted by Gasteiger charge is -2.15. The number of halogens is 2. The Morgan fingerprint density at radius 3 is 2.76 bits per heavy atom. The minimum absolute atomic E-state index is 0.0223. The van der Waals surface area contributed by atoms with E-state index < -0.39 is 0 Å². The van der Waals surface area contributed by atoms with E-state index in [9.17, 15) is 4.79 Å². The summed E-state index contributed by atoms with van der Waals surface area (Å²) in [5.74, 6) is 0.700. The topological polar surface area (TPSA) is 29.1 Å². The van der Waals surface area contributed by atoms with E-state index in [4.69, 9.17) is 11.6 Å². The second-order valence-corrected chi connectivity index (χ2v) is 5.19. The molecular formula is C13H17BrClNO. The van der Waals surface area contributed by atoms with Gasteiger partial charge in [0.25, 0.3) is 0 Å². The van der Waals surface area contributed by atoms with Crippen LogP contribution in [0, 0.1) is 0 Å². The van der Waals surface area contributed by atoms with Gasteiger partial charge in [0.05, 0.1) is 6.04 Å². The molecule has 0 aliphatic heterocycles. The summed E-state index contributed by atoms with van der Waals surface area (Å²) in [5, 5.41) is 2.98. The van der Waals surface area contributed by atoms with Crippen molar-refractivity contribution in [3.8, 4) is 0 Å². The molecule has 17 heavy (non-hydrogen) atoms. The first-order valence-electron chi connectivity index (χ1n) is 5.75. The van der Waals surface area contributed by atoms with Gasteiger partial charge in [-0.3, -0.25) is 4.79 Å². The number of hydrogen-bond acceptors (Lipinski definition) is 1. The molecule has 1 amide bonds. The lowest BCUT2D eigenvalue weighted by Crippen LogP contribution is -2.26. The van der Waals surface area contributed by atoms with Crippen LogP contribution in [-0.2, 0) is 4.79 Å². The monoisotopic (exact) mass is 317 g/mol. The summed E-state index contributed by atoms with van der Waals surface area (Å²) in [5.41, 5.74) is 1.10. The predicted octanol–water partition coefficient (Wildman–Crippen LogP) is 4.04. The van der Waals surface area contributed by atoms with Crippen molar-refractivity contribution in [1.82, 2.24) is 5.32 Å². The molecule has 0 saturated heterocycles. The molecule has 0 saturated carbocycles. The molecule has 4 heteroatoms. The number of carbonyl (C=O) groups excluding carboxylic acids is 1. The van der Waals surface area contributed by atoms with E-state index in [0.717, 1.165) is 22.9 Å². The lowest BCUT2D eigenvalue weighted by molar-refractivity contribution is -0.121. The van der Waals surface area contributed by atoms with Gasteiger partial charge in [-0.1, -0.05) is 34.1 Å². The van der Waals surface area contributed by atoms with Gasteiger partial charge in [0.1, 0.15) is 0 Å². The molecule has 0 radical (unpaired) electrons. The Hall–Kier alpha value is -0.540. The highest BCUT2D eigenvalue weighted by atomic mass is 79.9. The average molecular weight is 319 g/mol. The van der Waals surface area contributed by atoms with Gasteiger partial charge in [-0.15, -0.1) is 11.6 Å². The predicted molar refractivity (Wildman–Crippen MR) is 75.3 cm³/mol. The number of hydrogen-bond donors (Lipinski definition) is 1. The van der Waals surface area contributed by atoms with Crippen LogP contribution in [-0.4, -0.2) is 11.8 Å². The largest absolute Gasteiger partial charge is 0.350 e. The average Bonchev–Trinajstić information content (AvgIpc) is 2.29. The van der Waals surface area contributed by atoms with Gasteiger partial charge in [-0.2, -0.15) is 0 Å². The van der Waals surface area contributed by atoms with Crippen LogP contribution in [0.2, 0.25) is 0 Å². The molecule has 0 aliphatic rings. The van der Waals surface area contributed by atoms with Crippen molar-refractivity contribution in [1.29, 1.82) is 0 Å². The zero-order valence-corrected chi connectivity index (χ0v) is 12.2. The van der Waals surface area contributed by atoms with Gasteiger partial charge in [0.2, 0.25) is 5.91 Å². The quantitative estimate of drug-likeness (QED) is 0.622. The van der Waals surface area contributed by atoms with Gasteiger partial charge in [0, 0.05) is 16.8 Å². The van der Waals surface area contributed by atoms with Crippen LogP contribution in [0.25, 0.3) is 0 Å². The van der Waals surface area contributed by atoms with Crippen LogP contribution >= 0.6 is 27.5 Å². The number of carbonyl (C=O) groups is 1. The maximum atomic E-state index is 11.6. The molecule has 1 N–H and O–H groups in total. The molecule has 0 heterocycles.